The number of ether oxygens (including phenoxy) is 2. The smallest absolute Gasteiger partial charge is 0.348 e. The zero-order chi connectivity index (χ0) is 21.4. The van der Waals surface area contributed by atoms with Crippen LogP contribution in [0.3, 0.4) is 0 Å². The highest BCUT2D eigenvalue weighted by Crippen LogP contribution is 2.34. The number of nitrogens with one attached hydrogen (secondary N) is 1. The fourth-order valence-corrected chi connectivity index (χ4v) is 3.44. The van der Waals surface area contributed by atoms with Gasteiger partial charge in [-0.15, -0.1) is 11.3 Å². The Morgan fingerprint density at radius 3 is 2.48 bits per heavy atom. The molecule has 1 amide bonds. The van der Waals surface area contributed by atoms with Gasteiger partial charge in [-0.1, -0.05) is 24.8 Å². The molecule has 0 spiro atoms. The minimum atomic E-state index is -0.651. The average molecular weight is 417 g/mol. The standard InChI is InChI=1S/C21H20FNO5S/c1-4-12-28-21(26)18-13(3)17(20(25)27-5-2)19(29-18)23-16(24)11-8-14-6-9-15(22)10-7-14/h4,6-11H,1,5,12H2,2-3H3,(H,23,24)/b11-8+. The van der Waals surface area contributed by atoms with Crippen LogP contribution in [0.1, 0.15) is 38.1 Å². The van der Waals surface area contributed by atoms with Gasteiger partial charge in [-0.3, -0.25) is 4.79 Å². The summed E-state index contributed by atoms with van der Waals surface area (Å²) in [6, 6.07) is 5.60. The van der Waals surface area contributed by atoms with Gasteiger partial charge in [-0.25, -0.2) is 14.0 Å². The van der Waals surface area contributed by atoms with E-state index < -0.39 is 17.8 Å². The number of thiophene rings is 1. The molecule has 6 nitrogen and oxygen atoms in total. The Morgan fingerprint density at radius 1 is 1.17 bits per heavy atom. The molecule has 1 aromatic carbocycles. The lowest BCUT2D eigenvalue weighted by Gasteiger charge is -2.05. The second-order valence-electron chi connectivity index (χ2n) is 5.74. The summed E-state index contributed by atoms with van der Waals surface area (Å²) >= 11 is 0.926. The maximum absolute atomic E-state index is 12.9. The Bertz CT molecular complexity index is 947. The van der Waals surface area contributed by atoms with E-state index in [0.717, 1.165) is 11.3 Å². The monoisotopic (exact) mass is 417 g/mol. The van der Waals surface area contributed by atoms with E-state index in [1.165, 1.54) is 42.5 Å². The number of amides is 1. The third kappa shape index (κ3) is 5.86. The van der Waals surface area contributed by atoms with E-state index in [1.807, 2.05) is 0 Å². The molecule has 0 bridgehead atoms. The summed E-state index contributed by atoms with van der Waals surface area (Å²) in [5.74, 6) is -2.18. The zero-order valence-electron chi connectivity index (χ0n) is 16.0. The van der Waals surface area contributed by atoms with Crippen LogP contribution in [0.25, 0.3) is 6.08 Å². The third-order valence-electron chi connectivity index (χ3n) is 3.68. The van der Waals surface area contributed by atoms with Gasteiger partial charge < -0.3 is 14.8 Å². The lowest BCUT2D eigenvalue weighted by Crippen LogP contribution is -2.13. The Morgan fingerprint density at radius 2 is 1.86 bits per heavy atom. The van der Waals surface area contributed by atoms with Gasteiger partial charge in [0.25, 0.3) is 0 Å². The summed E-state index contributed by atoms with van der Waals surface area (Å²) in [6.07, 6.45) is 4.17. The molecule has 2 aromatic rings. The zero-order valence-corrected chi connectivity index (χ0v) is 16.8. The van der Waals surface area contributed by atoms with Gasteiger partial charge in [-0.2, -0.15) is 0 Å². The molecular weight excluding hydrogens is 397 g/mol. The summed E-state index contributed by atoms with van der Waals surface area (Å²) in [4.78, 5) is 37.1. The van der Waals surface area contributed by atoms with Gasteiger partial charge in [0.1, 0.15) is 22.3 Å². The van der Waals surface area contributed by atoms with Gasteiger partial charge in [-0.05, 0) is 43.2 Å². The molecule has 0 saturated heterocycles. The molecule has 0 unspecified atom stereocenters. The summed E-state index contributed by atoms with van der Waals surface area (Å²) in [5, 5.41) is 2.77. The number of carbonyl (C=O) groups excluding carboxylic acids is 3. The molecule has 8 heteroatoms. The van der Waals surface area contributed by atoms with Gasteiger partial charge in [0.15, 0.2) is 0 Å². The van der Waals surface area contributed by atoms with Crippen LogP contribution in [-0.2, 0) is 14.3 Å². The van der Waals surface area contributed by atoms with E-state index in [9.17, 15) is 18.8 Å². The first-order valence-electron chi connectivity index (χ1n) is 8.70. The lowest BCUT2D eigenvalue weighted by atomic mass is 10.1. The van der Waals surface area contributed by atoms with Crippen LogP contribution in [0.4, 0.5) is 9.39 Å². The number of rotatable bonds is 8. The minimum absolute atomic E-state index is 0.0208. The van der Waals surface area contributed by atoms with E-state index >= 15 is 0 Å². The molecule has 0 atom stereocenters. The average Bonchev–Trinajstić information content (AvgIpc) is 3.01. The molecule has 0 radical (unpaired) electrons. The molecule has 0 fully saturated rings. The number of benzene rings is 1. The second-order valence-corrected chi connectivity index (χ2v) is 6.76. The molecule has 2 rings (SSSR count). The van der Waals surface area contributed by atoms with Crippen molar-refractivity contribution in [1.29, 1.82) is 0 Å². The number of hydrogen-bond acceptors (Lipinski definition) is 6. The predicted octanol–water partition coefficient (Wildman–Crippen LogP) is 4.37. The molecule has 152 valence electrons. The number of esters is 2. The molecule has 0 aliphatic rings. The van der Waals surface area contributed by atoms with Gasteiger partial charge in [0.05, 0.1) is 12.2 Å². The normalized spacial score (nSPS) is 10.6. The fourth-order valence-electron chi connectivity index (χ4n) is 2.34. The van der Waals surface area contributed by atoms with Crippen molar-refractivity contribution in [2.75, 3.05) is 18.5 Å². The SMILES string of the molecule is C=CCOC(=O)c1sc(NC(=O)/C=C/c2ccc(F)cc2)c(C(=O)OCC)c1C. The van der Waals surface area contributed by atoms with Crippen molar-refractivity contribution in [2.45, 2.75) is 13.8 Å². The second kappa shape index (κ2) is 10.3. The van der Waals surface area contributed by atoms with Crippen molar-refractivity contribution in [3.63, 3.8) is 0 Å². The van der Waals surface area contributed by atoms with Crippen molar-refractivity contribution < 1.29 is 28.2 Å². The lowest BCUT2D eigenvalue weighted by molar-refractivity contribution is -0.111. The van der Waals surface area contributed by atoms with Crippen LogP contribution in [0.2, 0.25) is 0 Å². The molecular formula is C21H20FNO5S. The summed E-state index contributed by atoms with van der Waals surface area (Å²) in [5.41, 5.74) is 1.09. The van der Waals surface area contributed by atoms with Crippen molar-refractivity contribution in [3.8, 4) is 0 Å². The minimum Gasteiger partial charge on any atom is -0.462 e. The molecule has 0 aliphatic heterocycles. The number of hydrogen-bond donors (Lipinski definition) is 1. The highest BCUT2D eigenvalue weighted by atomic mass is 32.1. The van der Waals surface area contributed by atoms with Gasteiger partial charge >= 0.3 is 11.9 Å². The first kappa shape index (κ1) is 22.0. The Hall–Kier alpha value is -3.26. The Kier molecular flexibility index (Phi) is 7.85. The van der Waals surface area contributed by atoms with Gasteiger partial charge in [0, 0.05) is 6.08 Å². The first-order chi connectivity index (χ1) is 13.9. The molecule has 1 aromatic heterocycles. The maximum Gasteiger partial charge on any atom is 0.348 e. The van der Waals surface area contributed by atoms with Crippen LogP contribution in [0.15, 0.2) is 43.0 Å². The molecule has 0 saturated carbocycles. The highest BCUT2D eigenvalue weighted by Gasteiger charge is 2.27. The van der Waals surface area contributed by atoms with Crippen LogP contribution >= 0.6 is 11.3 Å². The first-order valence-corrected chi connectivity index (χ1v) is 9.52. The van der Waals surface area contributed by atoms with Gasteiger partial charge in [0.2, 0.25) is 5.91 Å². The largest absolute Gasteiger partial charge is 0.462 e. The third-order valence-corrected chi connectivity index (χ3v) is 4.87. The van der Waals surface area contributed by atoms with E-state index in [-0.39, 0.29) is 34.5 Å². The summed E-state index contributed by atoms with van der Waals surface area (Å²) in [7, 11) is 0. The Labute approximate surface area is 171 Å². The quantitative estimate of drug-likeness (QED) is 0.392. The fraction of sp³-hybridized carbons (Fsp3) is 0.190. The van der Waals surface area contributed by atoms with Crippen molar-refractivity contribution in [3.05, 3.63) is 70.4 Å². The summed E-state index contributed by atoms with van der Waals surface area (Å²) in [6.45, 7) is 6.88. The number of halogens is 1. The molecule has 1 N–H and O–H groups in total. The molecule has 29 heavy (non-hydrogen) atoms. The van der Waals surface area contributed by atoms with E-state index in [4.69, 9.17) is 9.47 Å². The molecule has 1 heterocycles. The van der Waals surface area contributed by atoms with Crippen LogP contribution in [0, 0.1) is 12.7 Å². The number of anilines is 1. The van der Waals surface area contributed by atoms with Crippen molar-refractivity contribution in [1.82, 2.24) is 0 Å². The van der Waals surface area contributed by atoms with E-state index in [2.05, 4.69) is 11.9 Å². The topological polar surface area (TPSA) is 81.7 Å². The van der Waals surface area contributed by atoms with Crippen molar-refractivity contribution >= 4 is 40.3 Å². The maximum atomic E-state index is 12.9. The van der Waals surface area contributed by atoms with Crippen LogP contribution < -0.4 is 5.32 Å². The van der Waals surface area contributed by atoms with Crippen LogP contribution in [-0.4, -0.2) is 31.1 Å². The molecule has 0 aliphatic carbocycles. The van der Waals surface area contributed by atoms with Crippen molar-refractivity contribution in [2.24, 2.45) is 0 Å². The summed E-state index contributed by atoms with van der Waals surface area (Å²) < 4.78 is 23.0. The highest BCUT2D eigenvalue weighted by molar-refractivity contribution is 7.18. The van der Waals surface area contributed by atoms with E-state index in [0.29, 0.717) is 11.1 Å². The Balaban J connectivity index is 2.27. The van der Waals surface area contributed by atoms with E-state index in [1.54, 1.807) is 13.8 Å². The predicted molar refractivity (Wildman–Crippen MR) is 110 cm³/mol. The van der Waals surface area contributed by atoms with Crippen LogP contribution in [0.5, 0.6) is 0 Å². The number of carbonyl (C=O) groups is 3.